The number of rotatable bonds is 9. The zero-order chi connectivity index (χ0) is 21.5. The van der Waals surface area contributed by atoms with Crippen molar-refractivity contribution in [1.82, 2.24) is 19.7 Å². The number of amides is 1. The second kappa shape index (κ2) is 10.1. The topological polar surface area (TPSA) is 60.2 Å². The second-order valence-corrected chi connectivity index (χ2v) is 7.84. The van der Waals surface area contributed by atoms with Gasteiger partial charge in [0.15, 0.2) is 11.0 Å². The third-order valence-corrected chi connectivity index (χ3v) is 5.75. The molecule has 1 aromatic heterocycles. The van der Waals surface area contributed by atoms with E-state index in [4.69, 9.17) is 4.74 Å². The van der Waals surface area contributed by atoms with Crippen molar-refractivity contribution in [3.05, 3.63) is 72.3 Å². The lowest BCUT2D eigenvalue weighted by Gasteiger charge is -2.18. The minimum atomic E-state index is 0.0439. The van der Waals surface area contributed by atoms with Gasteiger partial charge in [-0.15, -0.1) is 16.8 Å². The highest BCUT2D eigenvalue weighted by Crippen LogP contribution is 2.26. The summed E-state index contributed by atoms with van der Waals surface area (Å²) in [5.41, 5.74) is 3.26. The molecule has 0 saturated heterocycles. The smallest absolute Gasteiger partial charge is 0.233 e. The maximum absolute atomic E-state index is 12.7. The monoisotopic (exact) mass is 422 g/mol. The molecule has 30 heavy (non-hydrogen) atoms. The van der Waals surface area contributed by atoms with Crippen molar-refractivity contribution in [2.45, 2.75) is 25.2 Å². The number of carbonyl (C=O) groups excluding carboxylic acids is 1. The Hall–Kier alpha value is -3.06. The average Bonchev–Trinajstić information content (AvgIpc) is 3.16. The maximum atomic E-state index is 12.7. The normalized spacial score (nSPS) is 10.6. The molecule has 0 spiro atoms. The highest BCUT2D eigenvalue weighted by Gasteiger charge is 2.17. The molecule has 0 aliphatic rings. The predicted octanol–water partition coefficient (Wildman–Crippen LogP) is 4.20. The van der Waals surface area contributed by atoms with Gasteiger partial charge in [0.25, 0.3) is 0 Å². The van der Waals surface area contributed by atoms with Gasteiger partial charge in [-0.3, -0.25) is 9.36 Å². The molecule has 0 aliphatic carbocycles. The second-order valence-electron chi connectivity index (χ2n) is 6.90. The lowest BCUT2D eigenvalue weighted by Crippen LogP contribution is -2.28. The van der Waals surface area contributed by atoms with Gasteiger partial charge in [-0.25, -0.2) is 0 Å². The Balaban J connectivity index is 1.70. The van der Waals surface area contributed by atoms with Gasteiger partial charge in [0.2, 0.25) is 5.91 Å². The summed E-state index contributed by atoms with van der Waals surface area (Å²) in [6.45, 7) is 7.04. The SMILES string of the molecule is C=CCn1c(SCC(=O)N(C)Cc2ccccc2C)nnc1-c1ccc(OC)cc1. The van der Waals surface area contributed by atoms with E-state index in [1.165, 1.54) is 17.3 Å². The van der Waals surface area contributed by atoms with E-state index in [1.54, 1.807) is 18.1 Å². The lowest BCUT2D eigenvalue weighted by molar-refractivity contribution is -0.127. The van der Waals surface area contributed by atoms with Crippen molar-refractivity contribution >= 4 is 17.7 Å². The number of allylic oxidation sites excluding steroid dienone is 1. The summed E-state index contributed by atoms with van der Waals surface area (Å²) in [4.78, 5) is 14.4. The molecule has 0 N–H and O–H groups in total. The molecule has 3 aromatic rings. The molecule has 0 unspecified atom stereocenters. The zero-order valence-electron chi connectivity index (χ0n) is 17.5. The molecule has 2 aromatic carbocycles. The predicted molar refractivity (Wildman–Crippen MR) is 121 cm³/mol. The summed E-state index contributed by atoms with van der Waals surface area (Å²) >= 11 is 1.39. The number of hydrogen-bond acceptors (Lipinski definition) is 5. The van der Waals surface area contributed by atoms with Crippen LogP contribution in [-0.4, -0.2) is 45.5 Å². The van der Waals surface area contributed by atoms with E-state index in [1.807, 2.05) is 54.1 Å². The molecule has 156 valence electrons. The van der Waals surface area contributed by atoms with Gasteiger partial charge in [0.1, 0.15) is 5.75 Å². The number of benzene rings is 2. The first-order valence-corrected chi connectivity index (χ1v) is 10.6. The van der Waals surface area contributed by atoms with E-state index in [-0.39, 0.29) is 5.91 Å². The number of aryl methyl sites for hydroxylation is 1. The fourth-order valence-corrected chi connectivity index (χ4v) is 3.90. The minimum Gasteiger partial charge on any atom is -0.497 e. The van der Waals surface area contributed by atoms with Crippen LogP contribution >= 0.6 is 11.8 Å². The van der Waals surface area contributed by atoms with Gasteiger partial charge in [0, 0.05) is 25.7 Å². The van der Waals surface area contributed by atoms with Crippen molar-refractivity contribution in [3.63, 3.8) is 0 Å². The molecule has 6 nitrogen and oxygen atoms in total. The van der Waals surface area contributed by atoms with Crippen molar-refractivity contribution in [1.29, 1.82) is 0 Å². The van der Waals surface area contributed by atoms with Gasteiger partial charge in [-0.05, 0) is 42.3 Å². The number of methoxy groups -OCH3 is 1. The van der Waals surface area contributed by atoms with Crippen LogP contribution in [0, 0.1) is 6.92 Å². The van der Waals surface area contributed by atoms with Crippen LogP contribution < -0.4 is 4.74 Å². The first-order valence-electron chi connectivity index (χ1n) is 9.63. The van der Waals surface area contributed by atoms with Crippen molar-refractivity contribution in [3.8, 4) is 17.1 Å². The quantitative estimate of drug-likeness (QED) is 0.382. The molecular weight excluding hydrogens is 396 g/mol. The highest BCUT2D eigenvalue weighted by atomic mass is 32.2. The molecule has 0 radical (unpaired) electrons. The van der Waals surface area contributed by atoms with Crippen LogP contribution in [-0.2, 0) is 17.9 Å². The summed E-state index contributed by atoms with van der Waals surface area (Å²) in [5.74, 6) is 1.86. The first kappa shape index (κ1) is 21.6. The van der Waals surface area contributed by atoms with Gasteiger partial charge in [0.05, 0.1) is 12.9 Å². The summed E-state index contributed by atoms with van der Waals surface area (Å²) < 4.78 is 7.19. The van der Waals surface area contributed by atoms with Gasteiger partial charge < -0.3 is 9.64 Å². The number of nitrogens with zero attached hydrogens (tertiary/aromatic N) is 4. The van der Waals surface area contributed by atoms with Crippen LogP contribution in [0.25, 0.3) is 11.4 Å². The molecule has 3 rings (SSSR count). The largest absolute Gasteiger partial charge is 0.497 e. The van der Waals surface area contributed by atoms with Crippen molar-refractivity contribution < 1.29 is 9.53 Å². The molecule has 1 heterocycles. The molecule has 0 saturated carbocycles. The van der Waals surface area contributed by atoms with Crippen LogP contribution in [0.4, 0.5) is 0 Å². The van der Waals surface area contributed by atoms with E-state index < -0.39 is 0 Å². The number of thioether (sulfide) groups is 1. The number of carbonyl (C=O) groups is 1. The highest BCUT2D eigenvalue weighted by molar-refractivity contribution is 7.99. The standard InChI is InChI=1S/C23H26N4O2S/c1-5-14-27-22(18-10-12-20(29-4)13-11-18)24-25-23(27)30-16-21(28)26(3)15-19-9-7-6-8-17(19)2/h5-13H,1,14-16H2,2-4H3. The lowest BCUT2D eigenvalue weighted by atomic mass is 10.1. The van der Waals surface area contributed by atoms with E-state index in [0.717, 1.165) is 22.7 Å². The first-order chi connectivity index (χ1) is 14.5. The third-order valence-electron chi connectivity index (χ3n) is 4.80. The number of aromatic nitrogens is 3. The summed E-state index contributed by atoms with van der Waals surface area (Å²) in [6, 6.07) is 15.8. The summed E-state index contributed by atoms with van der Waals surface area (Å²) in [7, 11) is 3.46. The van der Waals surface area contributed by atoms with E-state index >= 15 is 0 Å². The third kappa shape index (κ3) is 5.10. The fourth-order valence-electron chi connectivity index (χ4n) is 3.01. The number of ether oxygens (including phenoxy) is 1. The minimum absolute atomic E-state index is 0.0439. The Bertz CT molecular complexity index is 1010. The van der Waals surface area contributed by atoms with Crippen LogP contribution in [0.1, 0.15) is 11.1 Å². The van der Waals surface area contributed by atoms with Crippen molar-refractivity contribution in [2.24, 2.45) is 0 Å². The summed E-state index contributed by atoms with van der Waals surface area (Å²) in [5, 5.41) is 9.34. The van der Waals surface area contributed by atoms with Gasteiger partial charge in [-0.1, -0.05) is 42.1 Å². The molecule has 0 atom stereocenters. The van der Waals surface area contributed by atoms with Crippen LogP contribution in [0.5, 0.6) is 5.75 Å². The summed E-state index contributed by atoms with van der Waals surface area (Å²) in [6.07, 6.45) is 1.80. The van der Waals surface area contributed by atoms with Gasteiger partial charge >= 0.3 is 0 Å². The Labute approximate surface area is 181 Å². The molecule has 7 heteroatoms. The molecular formula is C23H26N4O2S. The molecule has 0 aliphatic heterocycles. The number of hydrogen-bond donors (Lipinski definition) is 0. The van der Waals surface area contributed by atoms with Crippen LogP contribution in [0.15, 0.2) is 66.3 Å². The average molecular weight is 423 g/mol. The van der Waals surface area contributed by atoms with E-state index in [2.05, 4.69) is 29.8 Å². The fraction of sp³-hybridized carbons (Fsp3) is 0.261. The van der Waals surface area contributed by atoms with Crippen molar-refractivity contribution in [2.75, 3.05) is 19.9 Å². The Morgan fingerprint density at radius 2 is 1.93 bits per heavy atom. The Morgan fingerprint density at radius 1 is 1.20 bits per heavy atom. The maximum Gasteiger partial charge on any atom is 0.233 e. The van der Waals surface area contributed by atoms with Gasteiger partial charge in [-0.2, -0.15) is 0 Å². The van der Waals surface area contributed by atoms with Crippen LogP contribution in [0.3, 0.4) is 0 Å². The Kier molecular flexibility index (Phi) is 7.30. The Morgan fingerprint density at radius 3 is 2.60 bits per heavy atom. The van der Waals surface area contributed by atoms with Crippen LogP contribution in [0.2, 0.25) is 0 Å². The molecule has 1 amide bonds. The van der Waals surface area contributed by atoms with E-state index in [0.29, 0.717) is 24.0 Å². The molecule has 0 bridgehead atoms. The zero-order valence-corrected chi connectivity index (χ0v) is 18.4. The molecule has 0 fully saturated rings. The van der Waals surface area contributed by atoms with E-state index in [9.17, 15) is 4.79 Å².